The lowest BCUT2D eigenvalue weighted by molar-refractivity contribution is 0.123. The third-order valence-corrected chi connectivity index (χ3v) is 3.46. The molecule has 21 heavy (non-hydrogen) atoms. The van der Waals surface area contributed by atoms with Crippen molar-refractivity contribution in [3.63, 3.8) is 0 Å². The third-order valence-electron chi connectivity index (χ3n) is 3.46. The molecule has 0 aromatic heterocycles. The number of amides is 1. The summed E-state index contributed by atoms with van der Waals surface area (Å²) in [7, 11) is 5.37. The molecule has 1 saturated heterocycles. The normalized spacial score (nSPS) is 16.2. The van der Waals surface area contributed by atoms with Gasteiger partial charge in [-0.05, 0) is 24.7 Å². The Morgan fingerprint density at radius 2 is 1.81 bits per heavy atom. The van der Waals surface area contributed by atoms with Gasteiger partial charge in [0.1, 0.15) is 0 Å². The molecule has 0 N–H and O–H groups in total. The summed E-state index contributed by atoms with van der Waals surface area (Å²) in [6, 6.07) is 8.09. The van der Waals surface area contributed by atoms with Crippen LogP contribution in [0.4, 0.5) is 10.5 Å². The zero-order valence-corrected chi connectivity index (χ0v) is 12.8. The SMILES string of the molecule is CN1CCN(c2ccc(C=NOC(=O)N(C)C)cc2)CC1. The first-order valence-electron chi connectivity index (χ1n) is 7.01. The molecule has 1 aromatic rings. The molecule has 6 heteroatoms. The van der Waals surface area contributed by atoms with Crippen LogP contribution < -0.4 is 4.90 Å². The first-order valence-corrected chi connectivity index (χ1v) is 7.01. The summed E-state index contributed by atoms with van der Waals surface area (Å²) < 4.78 is 0. The quantitative estimate of drug-likeness (QED) is 0.480. The van der Waals surface area contributed by atoms with Crippen LogP contribution in [0.15, 0.2) is 29.4 Å². The maximum Gasteiger partial charge on any atom is 0.435 e. The van der Waals surface area contributed by atoms with E-state index in [2.05, 4.69) is 34.1 Å². The van der Waals surface area contributed by atoms with Gasteiger partial charge in [-0.15, -0.1) is 0 Å². The zero-order chi connectivity index (χ0) is 15.2. The molecular weight excluding hydrogens is 268 g/mol. The molecule has 0 unspecified atom stereocenters. The van der Waals surface area contributed by atoms with Gasteiger partial charge in [0.2, 0.25) is 0 Å². The van der Waals surface area contributed by atoms with Crippen LogP contribution >= 0.6 is 0 Å². The van der Waals surface area contributed by atoms with Crippen LogP contribution in [0.2, 0.25) is 0 Å². The lowest BCUT2D eigenvalue weighted by Crippen LogP contribution is -2.44. The molecule has 0 saturated carbocycles. The van der Waals surface area contributed by atoms with Crippen LogP contribution in [-0.2, 0) is 4.84 Å². The zero-order valence-electron chi connectivity index (χ0n) is 12.8. The highest BCUT2D eigenvalue weighted by Gasteiger charge is 2.13. The number of likely N-dealkylation sites (N-methyl/N-ethyl adjacent to an activating group) is 1. The number of carbonyl (C=O) groups is 1. The molecule has 1 heterocycles. The lowest BCUT2D eigenvalue weighted by atomic mass is 10.2. The van der Waals surface area contributed by atoms with E-state index in [4.69, 9.17) is 4.84 Å². The summed E-state index contributed by atoms with van der Waals surface area (Å²) in [5, 5.41) is 3.68. The van der Waals surface area contributed by atoms with Crippen molar-refractivity contribution < 1.29 is 9.63 Å². The Morgan fingerprint density at radius 3 is 2.38 bits per heavy atom. The number of nitrogens with zero attached hydrogens (tertiary/aromatic N) is 4. The van der Waals surface area contributed by atoms with Gasteiger partial charge in [-0.1, -0.05) is 17.3 Å². The van der Waals surface area contributed by atoms with E-state index < -0.39 is 6.09 Å². The average Bonchev–Trinajstić information content (AvgIpc) is 2.48. The van der Waals surface area contributed by atoms with Gasteiger partial charge in [0.15, 0.2) is 0 Å². The highest BCUT2D eigenvalue weighted by Crippen LogP contribution is 2.16. The summed E-state index contributed by atoms with van der Waals surface area (Å²) in [5.41, 5.74) is 2.12. The van der Waals surface area contributed by atoms with E-state index in [0.29, 0.717) is 0 Å². The fourth-order valence-corrected chi connectivity index (χ4v) is 2.05. The number of piperazine rings is 1. The molecule has 1 aliphatic heterocycles. The summed E-state index contributed by atoms with van der Waals surface area (Å²) in [4.78, 5) is 21.9. The molecule has 1 aromatic carbocycles. The fourth-order valence-electron chi connectivity index (χ4n) is 2.05. The number of benzene rings is 1. The van der Waals surface area contributed by atoms with E-state index in [1.54, 1.807) is 14.1 Å². The molecule has 1 aliphatic rings. The van der Waals surface area contributed by atoms with Gasteiger partial charge in [0, 0.05) is 46.0 Å². The predicted octanol–water partition coefficient (Wildman–Crippen LogP) is 1.47. The number of anilines is 1. The maximum atomic E-state index is 11.2. The van der Waals surface area contributed by atoms with Crippen molar-refractivity contribution in [3.8, 4) is 0 Å². The van der Waals surface area contributed by atoms with E-state index in [0.717, 1.165) is 31.7 Å². The highest BCUT2D eigenvalue weighted by atomic mass is 16.7. The molecule has 0 radical (unpaired) electrons. The van der Waals surface area contributed by atoms with Crippen molar-refractivity contribution in [1.82, 2.24) is 9.80 Å². The van der Waals surface area contributed by atoms with Crippen LogP contribution in [0.5, 0.6) is 0 Å². The van der Waals surface area contributed by atoms with E-state index >= 15 is 0 Å². The summed E-state index contributed by atoms with van der Waals surface area (Å²) >= 11 is 0. The van der Waals surface area contributed by atoms with Gasteiger partial charge in [-0.25, -0.2) is 4.79 Å². The largest absolute Gasteiger partial charge is 0.435 e. The van der Waals surface area contributed by atoms with Crippen LogP contribution in [0, 0.1) is 0 Å². The molecular formula is C15H22N4O2. The predicted molar refractivity (Wildman–Crippen MR) is 83.9 cm³/mol. The molecule has 6 nitrogen and oxygen atoms in total. The summed E-state index contributed by atoms with van der Waals surface area (Å²) in [5.74, 6) is 0. The molecule has 0 bridgehead atoms. The van der Waals surface area contributed by atoms with E-state index in [-0.39, 0.29) is 0 Å². The minimum absolute atomic E-state index is 0.486. The number of oxime groups is 1. The Kier molecular flexibility index (Phi) is 5.16. The average molecular weight is 290 g/mol. The third kappa shape index (κ3) is 4.46. The second-order valence-electron chi connectivity index (χ2n) is 5.37. The first-order chi connectivity index (χ1) is 10.1. The monoisotopic (exact) mass is 290 g/mol. The van der Waals surface area contributed by atoms with Crippen molar-refractivity contribution in [2.24, 2.45) is 5.16 Å². The second kappa shape index (κ2) is 7.08. The summed E-state index contributed by atoms with van der Waals surface area (Å²) in [6.07, 6.45) is 1.05. The number of hydrogen-bond donors (Lipinski definition) is 0. The first kappa shape index (κ1) is 15.3. The molecule has 0 spiro atoms. The van der Waals surface area contributed by atoms with Gasteiger partial charge in [-0.2, -0.15) is 0 Å². The van der Waals surface area contributed by atoms with E-state index in [1.807, 2.05) is 12.1 Å². The lowest BCUT2D eigenvalue weighted by Gasteiger charge is -2.34. The fraction of sp³-hybridized carbons (Fsp3) is 0.467. The smallest absolute Gasteiger partial charge is 0.369 e. The number of rotatable bonds is 3. The van der Waals surface area contributed by atoms with Gasteiger partial charge in [-0.3, -0.25) is 4.84 Å². The minimum Gasteiger partial charge on any atom is -0.369 e. The van der Waals surface area contributed by atoms with Crippen molar-refractivity contribution in [3.05, 3.63) is 29.8 Å². The minimum atomic E-state index is -0.486. The topological polar surface area (TPSA) is 48.4 Å². The van der Waals surface area contributed by atoms with E-state index in [9.17, 15) is 4.79 Å². The van der Waals surface area contributed by atoms with Crippen LogP contribution in [0.25, 0.3) is 0 Å². The highest BCUT2D eigenvalue weighted by molar-refractivity contribution is 5.80. The maximum absolute atomic E-state index is 11.2. The molecule has 1 amide bonds. The standard InChI is InChI=1S/C15H22N4O2/c1-17(2)15(20)21-16-12-13-4-6-14(7-5-13)19-10-8-18(3)9-11-19/h4-7,12H,8-11H2,1-3H3. The second-order valence-corrected chi connectivity index (χ2v) is 5.37. The Bertz CT molecular complexity index is 491. The van der Waals surface area contributed by atoms with Gasteiger partial charge >= 0.3 is 6.09 Å². The van der Waals surface area contributed by atoms with Crippen molar-refractivity contribution in [2.45, 2.75) is 0 Å². The van der Waals surface area contributed by atoms with Crippen LogP contribution in [0.1, 0.15) is 5.56 Å². The van der Waals surface area contributed by atoms with Crippen LogP contribution in [0.3, 0.4) is 0 Å². The molecule has 0 atom stereocenters. The van der Waals surface area contributed by atoms with Crippen LogP contribution in [-0.4, -0.2) is 69.4 Å². The van der Waals surface area contributed by atoms with Gasteiger partial charge in [0.25, 0.3) is 0 Å². The van der Waals surface area contributed by atoms with Crippen molar-refractivity contribution in [2.75, 3.05) is 52.2 Å². The molecule has 1 fully saturated rings. The molecule has 0 aliphatic carbocycles. The Morgan fingerprint density at radius 1 is 1.19 bits per heavy atom. The Hall–Kier alpha value is -2.08. The number of hydrogen-bond acceptors (Lipinski definition) is 5. The van der Waals surface area contributed by atoms with Crippen molar-refractivity contribution in [1.29, 1.82) is 0 Å². The van der Waals surface area contributed by atoms with Crippen molar-refractivity contribution >= 4 is 18.0 Å². The summed E-state index contributed by atoms with van der Waals surface area (Å²) in [6.45, 7) is 4.27. The van der Waals surface area contributed by atoms with E-state index in [1.165, 1.54) is 16.8 Å². The number of carbonyl (C=O) groups excluding carboxylic acids is 1. The van der Waals surface area contributed by atoms with Gasteiger partial charge in [0.05, 0.1) is 6.21 Å². The Labute approximate surface area is 125 Å². The molecule has 2 rings (SSSR count). The Balaban J connectivity index is 1.90. The molecule has 114 valence electrons. The van der Waals surface area contributed by atoms with Gasteiger partial charge < -0.3 is 14.7 Å².